The molecule has 9 nitrogen and oxygen atoms in total. The van der Waals surface area contributed by atoms with Crippen LogP contribution in [-0.4, -0.2) is 49.9 Å². The molecule has 0 aliphatic rings. The predicted octanol–water partition coefficient (Wildman–Crippen LogP) is 5.43. The SMILES string of the molecule is CN(CCn1nc(-c2ccc(Oc3c(F)c(F)cc(F)c3F)cc2F)c2c(N)ncnc21)C(=O)OC(C)(C)C. The van der Waals surface area contributed by atoms with E-state index in [-0.39, 0.29) is 47.3 Å². The van der Waals surface area contributed by atoms with Crippen molar-refractivity contribution in [1.29, 1.82) is 0 Å². The van der Waals surface area contributed by atoms with Crippen molar-refractivity contribution in [3.8, 4) is 22.8 Å². The average Bonchev–Trinajstić information content (AvgIpc) is 3.22. The fourth-order valence-corrected chi connectivity index (χ4v) is 3.56. The number of rotatable bonds is 6. The summed E-state index contributed by atoms with van der Waals surface area (Å²) in [6, 6.07) is 3.10. The molecule has 0 atom stereocenters. The predicted molar refractivity (Wildman–Crippen MR) is 130 cm³/mol. The van der Waals surface area contributed by atoms with Crippen molar-refractivity contribution in [2.24, 2.45) is 0 Å². The summed E-state index contributed by atoms with van der Waals surface area (Å²) >= 11 is 0. The van der Waals surface area contributed by atoms with Crippen LogP contribution in [0.4, 0.5) is 32.6 Å². The summed E-state index contributed by atoms with van der Waals surface area (Å²) < 4.78 is 81.9. The van der Waals surface area contributed by atoms with Crippen LogP contribution in [0.25, 0.3) is 22.3 Å². The second-order valence-electron chi connectivity index (χ2n) is 9.47. The first-order chi connectivity index (χ1) is 18.3. The molecule has 2 N–H and O–H groups in total. The first-order valence-corrected chi connectivity index (χ1v) is 11.5. The maximum atomic E-state index is 15.2. The Morgan fingerprint density at radius 1 is 1.03 bits per heavy atom. The van der Waals surface area contributed by atoms with Crippen molar-refractivity contribution in [3.63, 3.8) is 0 Å². The van der Waals surface area contributed by atoms with Crippen LogP contribution < -0.4 is 10.5 Å². The largest absolute Gasteiger partial charge is 0.451 e. The fraction of sp³-hybridized carbons (Fsp3) is 0.280. The Morgan fingerprint density at radius 2 is 1.69 bits per heavy atom. The molecule has 2 aromatic heterocycles. The molecule has 39 heavy (non-hydrogen) atoms. The van der Waals surface area contributed by atoms with Crippen molar-refractivity contribution in [3.05, 3.63) is 59.7 Å². The Balaban J connectivity index is 1.66. The standard InChI is InChI=1S/C25H23F5N6O3/c1-25(2,3)39-24(37)35(4)7-8-36-23-17(22(31)32-11-33-23)20(34-36)13-6-5-12(9-14(13)26)38-21-18(29)15(27)10-16(28)19(21)30/h5-6,9-11H,7-8H2,1-4H3,(H2,31,32,33). The van der Waals surface area contributed by atoms with Gasteiger partial charge in [-0.15, -0.1) is 0 Å². The minimum Gasteiger partial charge on any atom is -0.451 e. The number of nitrogens with zero attached hydrogens (tertiary/aromatic N) is 5. The Hall–Kier alpha value is -4.49. The third kappa shape index (κ3) is 5.68. The van der Waals surface area contributed by atoms with Gasteiger partial charge in [-0.25, -0.2) is 32.6 Å². The Bertz CT molecular complexity index is 1540. The molecule has 4 aromatic rings. The number of nitrogens with two attached hydrogens (primary N) is 1. The van der Waals surface area contributed by atoms with Gasteiger partial charge in [0.25, 0.3) is 0 Å². The van der Waals surface area contributed by atoms with Crippen LogP contribution in [0.5, 0.6) is 11.5 Å². The molecule has 0 aliphatic heterocycles. The smallest absolute Gasteiger partial charge is 0.410 e. The lowest BCUT2D eigenvalue weighted by atomic mass is 10.1. The van der Waals surface area contributed by atoms with Crippen LogP contribution in [0, 0.1) is 29.1 Å². The molecule has 0 unspecified atom stereocenters. The minimum absolute atomic E-state index is 0.000788. The zero-order valence-corrected chi connectivity index (χ0v) is 21.2. The fourth-order valence-electron chi connectivity index (χ4n) is 3.56. The summed E-state index contributed by atoms with van der Waals surface area (Å²) in [6.07, 6.45) is 0.645. The van der Waals surface area contributed by atoms with Gasteiger partial charge in [0.1, 0.15) is 35.0 Å². The number of aromatic nitrogens is 4. The van der Waals surface area contributed by atoms with E-state index in [0.29, 0.717) is 0 Å². The van der Waals surface area contributed by atoms with E-state index in [4.69, 9.17) is 15.2 Å². The number of anilines is 1. The molecule has 4 rings (SSSR count). The number of ether oxygens (including phenoxy) is 2. The second kappa shape index (κ2) is 10.3. The number of carbonyl (C=O) groups is 1. The highest BCUT2D eigenvalue weighted by Gasteiger charge is 2.24. The summed E-state index contributed by atoms with van der Waals surface area (Å²) in [6.45, 7) is 5.50. The summed E-state index contributed by atoms with van der Waals surface area (Å²) in [7, 11) is 1.54. The Kier molecular flexibility index (Phi) is 7.31. The number of amides is 1. The second-order valence-corrected chi connectivity index (χ2v) is 9.47. The number of fused-ring (bicyclic) bond motifs is 1. The zero-order valence-electron chi connectivity index (χ0n) is 21.2. The van der Waals surface area contributed by atoms with Gasteiger partial charge in [0.05, 0.1) is 11.9 Å². The average molecular weight is 550 g/mol. The number of likely N-dealkylation sites (N-methyl/N-ethyl adjacent to an activating group) is 1. The normalized spacial score (nSPS) is 11.6. The molecular weight excluding hydrogens is 527 g/mol. The van der Waals surface area contributed by atoms with E-state index in [0.717, 1.165) is 12.1 Å². The molecule has 2 heterocycles. The van der Waals surface area contributed by atoms with Crippen molar-refractivity contribution < 1.29 is 36.2 Å². The highest BCUT2D eigenvalue weighted by Crippen LogP contribution is 2.36. The molecule has 0 aliphatic carbocycles. The van der Waals surface area contributed by atoms with E-state index in [1.54, 1.807) is 27.8 Å². The number of benzene rings is 2. The molecule has 14 heteroatoms. The summed E-state index contributed by atoms with van der Waals surface area (Å²) in [5.41, 5.74) is 5.55. The van der Waals surface area contributed by atoms with Crippen LogP contribution in [0.3, 0.4) is 0 Å². The van der Waals surface area contributed by atoms with Crippen molar-refractivity contribution >= 4 is 22.9 Å². The summed E-state index contributed by atoms with van der Waals surface area (Å²) in [5, 5.41) is 4.62. The molecule has 0 fully saturated rings. The molecule has 0 saturated carbocycles. The lowest BCUT2D eigenvalue weighted by Gasteiger charge is -2.24. The van der Waals surface area contributed by atoms with Crippen molar-refractivity contribution in [1.82, 2.24) is 24.6 Å². The van der Waals surface area contributed by atoms with E-state index < -0.39 is 52.3 Å². The van der Waals surface area contributed by atoms with E-state index in [9.17, 15) is 22.4 Å². The number of halogens is 5. The minimum atomic E-state index is -1.77. The van der Waals surface area contributed by atoms with Gasteiger partial charge in [0.2, 0.25) is 17.4 Å². The van der Waals surface area contributed by atoms with Crippen LogP contribution in [-0.2, 0) is 11.3 Å². The monoisotopic (exact) mass is 550 g/mol. The molecule has 2 aromatic carbocycles. The van der Waals surface area contributed by atoms with Gasteiger partial charge in [-0.2, -0.15) is 13.9 Å². The molecule has 0 saturated heterocycles. The van der Waals surface area contributed by atoms with E-state index in [2.05, 4.69) is 15.1 Å². The molecular formula is C25H23F5N6O3. The van der Waals surface area contributed by atoms with Gasteiger partial charge in [-0.3, -0.25) is 0 Å². The number of carbonyl (C=O) groups excluding carboxylic acids is 1. The Labute approximate surface area is 219 Å². The first-order valence-electron chi connectivity index (χ1n) is 11.5. The third-order valence-corrected chi connectivity index (χ3v) is 5.40. The highest BCUT2D eigenvalue weighted by atomic mass is 19.2. The third-order valence-electron chi connectivity index (χ3n) is 5.40. The van der Waals surface area contributed by atoms with Crippen LogP contribution in [0.2, 0.25) is 0 Å². The molecule has 206 valence electrons. The van der Waals surface area contributed by atoms with Crippen LogP contribution in [0.15, 0.2) is 30.6 Å². The van der Waals surface area contributed by atoms with E-state index in [1.165, 1.54) is 22.0 Å². The number of hydrogen-bond donors (Lipinski definition) is 1. The topological polar surface area (TPSA) is 108 Å². The first kappa shape index (κ1) is 27.5. The van der Waals surface area contributed by atoms with E-state index >= 15 is 4.39 Å². The highest BCUT2D eigenvalue weighted by molar-refractivity contribution is 5.98. The van der Waals surface area contributed by atoms with Gasteiger partial charge < -0.3 is 20.1 Å². The lowest BCUT2D eigenvalue weighted by Crippen LogP contribution is -2.36. The van der Waals surface area contributed by atoms with Crippen LogP contribution in [0.1, 0.15) is 20.8 Å². The molecule has 0 spiro atoms. The van der Waals surface area contributed by atoms with Gasteiger partial charge in [0, 0.05) is 31.3 Å². The molecule has 0 radical (unpaired) electrons. The zero-order chi connectivity index (χ0) is 28.6. The number of hydrogen-bond acceptors (Lipinski definition) is 7. The lowest BCUT2D eigenvalue weighted by molar-refractivity contribution is 0.0292. The Morgan fingerprint density at radius 3 is 2.31 bits per heavy atom. The quantitative estimate of drug-likeness (QED) is 0.252. The summed E-state index contributed by atoms with van der Waals surface area (Å²) in [4.78, 5) is 21.7. The van der Waals surface area contributed by atoms with Gasteiger partial charge in [0.15, 0.2) is 17.3 Å². The maximum absolute atomic E-state index is 15.2. The van der Waals surface area contributed by atoms with Gasteiger partial charge in [-0.05, 0) is 32.9 Å². The van der Waals surface area contributed by atoms with Gasteiger partial charge in [-0.1, -0.05) is 0 Å². The summed E-state index contributed by atoms with van der Waals surface area (Å²) in [5.74, 6) is -9.65. The maximum Gasteiger partial charge on any atom is 0.410 e. The molecule has 1 amide bonds. The van der Waals surface area contributed by atoms with Crippen molar-refractivity contribution in [2.45, 2.75) is 32.9 Å². The van der Waals surface area contributed by atoms with E-state index in [1.807, 2.05) is 0 Å². The number of nitrogen functional groups attached to an aromatic ring is 1. The van der Waals surface area contributed by atoms with Gasteiger partial charge >= 0.3 is 6.09 Å². The van der Waals surface area contributed by atoms with Crippen molar-refractivity contribution in [2.75, 3.05) is 19.3 Å². The van der Waals surface area contributed by atoms with Crippen LogP contribution >= 0.6 is 0 Å². The molecule has 0 bridgehead atoms.